The van der Waals surface area contributed by atoms with Crippen molar-refractivity contribution in [3.8, 4) is 5.75 Å². The van der Waals surface area contributed by atoms with Gasteiger partial charge in [0.15, 0.2) is 17.3 Å². The monoisotopic (exact) mass is 279 g/mol. The van der Waals surface area contributed by atoms with Crippen LogP contribution in [-0.4, -0.2) is 25.5 Å². The topological polar surface area (TPSA) is 38.3 Å². The molecule has 20 heavy (non-hydrogen) atoms. The van der Waals surface area contributed by atoms with Crippen LogP contribution in [0, 0.1) is 11.7 Å². The number of carbonyl (C=O) groups is 1. The molecule has 0 aliphatic carbocycles. The first-order valence-corrected chi connectivity index (χ1v) is 6.76. The lowest BCUT2D eigenvalue weighted by atomic mass is 10.1. The molecule has 0 radical (unpaired) electrons. The highest BCUT2D eigenvalue weighted by molar-refractivity contribution is 5.94. The second-order valence-corrected chi connectivity index (χ2v) is 5.07. The van der Waals surface area contributed by atoms with Crippen molar-refractivity contribution in [1.29, 1.82) is 0 Å². The molecule has 1 aromatic carbocycles. The summed E-state index contributed by atoms with van der Waals surface area (Å²) in [6.07, 6.45) is 3.06. The summed E-state index contributed by atoms with van der Waals surface area (Å²) in [5.41, 5.74) is 0.743. The highest BCUT2D eigenvalue weighted by atomic mass is 19.1. The summed E-state index contributed by atoms with van der Waals surface area (Å²) >= 11 is 0. The Morgan fingerprint density at radius 3 is 2.70 bits per heavy atom. The summed E-state index contributed by atoms with van der Waals surface area (Å²) < 4.78 is 19.2. The van der Waals surface area contributed by atoms with Gasteiger partial charge in [-0.15, -0.1) is 0 Å². The maximum absolute atomic E-state index is 13.7. The smallest absolute Gasteiger partial charge is 0.165 e. The van der Waals surface area contributed by atoms with Crippen molar-refractivity contribution in [1.82, 2.24) is 5.32 Å². The molecule has 0 heterocycles. The van der Waals surface area contributed by atoms with E-state index in [-0.39, 0.29) is 23.6 Å². The van der Waals surface area contributed by atoms with Crippen LogP contribution in [0.1, 0.15) is 26.3 Å². The molecule has 110 valence electrons. The first-order chi connectivity index (χ1) is 9.43. The lowest BCUT2D eigenvalue weighted by Crippen LogP contribution is -2.26. The normalized spacial score (nSPS) is 12.9. The third-order valence-electron chi connectivity index (χ3n) is 2.78. The molecule has 0 spiro atoms. The van der Waals surface area contributed by atoms with E-state index in [4.69, 9.17) is 4.74 Å². The Hall–Kier alpha value is -1.68. The number of carbonyl (C=O) groups excluding carboxylic acids is 1. The van der Waals surface area contributed by atoms with Gasteiger partial charge in [0.2, 0.25) is 0 Å². The Morgan fingerprint density at radius 1 is 1.40 bits per heavy atom. The van der Waals surface area contributed by atoms with Crippen molar-refractivity contribution in [2.24, 2.45) is 5.92 Å². The molecule has 0 saturated carbocycles. The molecule has 0 amide bonds. The van der Waals surface area contributed by atoms with Gasteiger partial charge in [0.05, 0.1) is 0 Å². The first-order valence-electron chi connectivity index (χ1n) is 6.76. The molecule has 3 nitrogen and oxygen atoms in total. The predicted molar refractivity (Wildman–Crippen MR) is 79.3 cm³/mol. The Balaban J connectivity index is 2.83. The zero-order valence-electron chi connectivity index (χ0n) is 12.4. The van der Waals surface area contributed by atoms with E-state index in [0.29, 0.717) is 6.54 Å². The SMILES string of the molecule is CNC[C@H](C)Oc1cc(/C=C/C(=O)C(C)C)ccc1F. The van der Waals surface area contributed by atoms with Gasteiger partial charge in [0, 0.05) is 12.5 Å². The van der Waals surface area contributed by atoms with Crippen molar-refractivity contribution in [3.63, 3.8) is 0 Å². The molecule has 1 N–H and O–H groups in total. The fraction of sp³-hybridized carbons (Fsp3) is 0.438. The summed E-state index contributed by atoms with van der Waals surface area (Å²) in [4.78, 5) is 11.5. The Kier molecular flexibility index (Phi) is 6.39. The number of allylic oxidation sites excluding steroid dienone is 1. The van der Waals surface area contributed by atoms with Crippen LogP contribution in [0.5, 0.6) is 5.75 Å². The quantitative estimate of drug-likeness (QED) is 0.780. The zero-order valence-corrected chi connectivity index (χ0v) is 12.4. The van der Waals surface area contributed by atoms with Crippen LogP contribution in [0.25, 0.3) is 6.08 Å². The average Bonchev–Trinajstić information content (AvgIpc) is 2.39. The molecule has 1 rings (SSSR count). The van der Waals surface area contributed by atoms with Crippen molar-refractivity contribution in [2.75, 3.05) is 13.6 Å². The molecule has 0 aliphatic heterocycles. The fourth-order valence-corrected chi connectivity index (χ4v) is 1.63. The molecule has 0 saturated heterocycles. The molecule has 0 unspecified atom stereocenters. The van der Waals surface area contributed by atoms with Crippen LogP contribution in [-0.2, 0) is 4.79 Å². The van der Waals surface area contributed by atoms with Gasteiger partial charge >= 0.3 is 0 Å². The van der Waals surface area contributed by atoms with E-state index >= 15 is 0 Å². The van der Waals surface area contributed by atoms with E-state index in [0.717, 1.165) is 5.56 Å². The molecule has 0 bridgehead atoms. The highest BCUT2D eigenvalue weighted by Gasteiger charge is 2.09. The number of ether oxygens (including phenoxy) is 1. The van der Waals surface area contributed by atoms with E-state index in [1.165, 1.54) is 12.1 Å². The number of benzene rings is 1. The van der Waals surface area contributed by atoms with Crippen LogP contribution in [0.15, 0.2) is 24.3 Å². The molecule has 0 aromatic heterocycles. The minimum absolute atomic E-state index is 0.0420. The maximum atomic E-state index is 13.7. The second kappa shape index (κ2) is 7.80. The van der Waals surface area contributed by atoms with Crippen LogP contribution in [0.4, 0.5) is 4.39 Å². The molecular formula is C16H22FNO2. The number of halogens is 1. The minimum atomic E-state index is -0.403. The van der Waals surface area contributed by atoms with Gasteiger partial charge in [-0.3, -0.25) is 4.79 Å². The molecule has 4 heteroatoms. The van der Waals surface area contributed by atoms with Gasteiger partial charge in [0.1, 0.15) is 6.10 Å². The largest absolute Gasteiger partial charge is 0.486 e. The van der Waals surface area contributed by atoms with Crippen molar-refractivity contribution < 1.29 is 13.9 Å². The average molecular weight is 279 g/mol. The molecule has 0 fully saturated rings. The zero-order chi connectivity index (χ0) is 15.1. The van der Waals surface area contributed by atoms with Crippen molar-refractivity contribution >= 4 is 11.9 Å². The van der Waals surface area contributed by atoms with Gasteiger partial charge in [-0.05, 0) is 37.7 Å². The summed E-state index contributed by atoms with van der Waals surface area (Å²) in [5.74, 6) is -0.203. The first kappa shape index (κ1) is 16.4. The standard InChI is InChI=1S/C16H22FNO2/c1-11(2)15(19)8-6-13-5-7-14(17)16(9-13)20-12(3)10-18-4/h5-9,11-12,18H,10H2,1-4H3/b8-6+/t12-/m0/s1. The molecular weight excluding hydrogens is 257 g/mol. The van der Waals surface area contributed by atoms with Crippen LogP contribution >= 0.6 is 0 Å². The van der Waals surface area contributed by atoms with Gasteiger partial charge in [-0.1, -0.05) is 26.0 Å². The van der Waals surface area contributed by atoms with Crippen LogP contribution < -0.4 is 10.1 Å². The third kappa shape index (κ3) is 5.13. The summed E-state index contributed by atoms with van der Waals surface area (Å²) in [7, 11) is 1.81. The number of hydrogen-bond donors (Lipinski definition) is 1. The van der Waals surface area contributed by atoms with E-state index in [2.05, 4.69) is 5.32 Å². The number of rotatable bonds is 7. The van der Waals surface area contributed by atoms with Gasteiger partial charge in [-0.25, -0.2) is 4.39 Å². The number of nitrogens with one attached hydrogen (secondary N) is 1. The van der Waals surface area contributed by atoms with E-state index in [1.54, 1.807) is 18.2 Å². The molecule has 1 aromatic rings. The van der Waals surface area contributed by atoms with Gasteiger partial charge in [0.25, 0.3) is 0 Å². The number of hydrogen-bond acceptors (Lipinski definition) is 3. The number of ketones is 1. The fourth-order valence-electron chi connectivity index (χ4n) is 1.63. The van der Waals surface area contributed by atoms with E-state index < -0.39 is 5.82 Å². The predicted octanol–water partition coefficient (Wildman–Crippen LogP) is 3.05. The van der Waals surface area contributed by atoms with Crippen LogP contribution in [0.2, 0.25) is 0 Å². The second-order valence-electron chi connectivity index (χ2n) is 5.07. The lowest BCUT2D eigenvalue weighted by molar-refractivity contribution is -0.117. The Labute approximate surface area is 119 Å². The van der Waals surface area contributed by atoms with E-state index in [9.17, 15) is 9.18 Å². The molecule has 0 aliphatic rings. The Morgan fingerprint density at radius 2 is 2.10 bits per heavy atom. The summed E-state index contributed by atoms with van der Waals surface area (Å²) in [5, 5.41) is 2.97. The van der Waals surface area contributed by atoms with Crippen molar-refractivity contribution in [2.45, 2.75) is 26.9 Å². The minimum Gasteiger partial charge on any atom is -0.486 e. The van der Waals surface area contributed by atoms with Gasteiger partial charge in [-0.2, -0.15) is 0 Å². The number of likely N-dealkylation sites (N-methyl/N-ethyl adjacent to an activating group) is 1. The third-order valence-corrected chi connectivity index (χ3v) is 2.78. The maximum Gasteiger partial charge on any atom is 0.165 e. The summed E-state index contributed by atoms with van der Waals surface area (Å²) in [6, 6.07) is 4.57. The Bertz CT molecular complexity index is 483. The van der Waals surface area contributed by atoms with Crippen molar-refractivity contribution in [3.05, 3.63) is 35.7 Å². The van der Waals surface area contributed by atoms with Gasteiger partial charge < -0.3 is 10.1 Å². The lowest BCUT2D eigenvalue weighted by Gasteiger charge is -2.15. The van der Waals surface area contributed by atoms with Crippen LogP contribution in [0.3, 0.4) is 0 Å². The summed E-state index contributed by atoms with van der Waals surface area (Å²) in [6.45, 7) is 6.17. The molecule has 1 atom stereocenters. The van der Waals surface area contributed by atoms with E-state index in [1.807, 2.05) is 27.8 Å². The highest BCUT2D eigenvalue weighted by Crippen LogP contribution is 2.21.